The van der Waals surface area contributed by atoms with E-state index >= 15 is 0 Å². The number of hydrogen-bond acceptors (Lipinski definition) is 2. The van der Waals surface area contributed by atoms with E-state index in [1.54, 1.807) is 12.1 Å². The number of methoxy groups -OCH3 is 1. The normalized spacial score (nSPS) is 10.3. The first-order valence-corrected chi connectivity index (χ1v) is 5.98. The largest absolute Gasteiger partial charge is 0.495 e. The molecule has 0 aliphatic heterocycles. The smallest absolute Gasteiger partial charge is 0.137 e. The first-order chi connectivity index (χ1) is 9.08. The summed E-state index contributed by atoms with van der Waals surface area (Å²) in [5.41, 5.74) is 1.26. The molecule has 0 saturated heterocycles. The average molecular weight is 284 g/mol. The van der Waals surface area contributed by atoms with Crippen molar-refractivity contribution in [3.8, 4) is 5.75 Å². The van der Waals surface area contributed by atoms with Gasteiger partial charge in [-0.3, -0.25) is 0 Å². The Labute approximate surface area is 115 Å². The Hall–Kier alpha value is -1.81. The van der Waals surface area contributed by atoms with E-state index in [1.807, 2.05) is 6.07 Å². The van der Waals surface area contributed by atoms with Gasteiger partial charge in [-0.2, -0.15) is 0 Å². The molecule has 0 radical (unpaired) electrons. The lowest BCUT2D eigenvalue weighted by molar-refractivity contribution is 0.415. The number of anilines is 1. The first-order valence-electron chi connectivity index (χ1n) is 5.61. The minimum absolute atomic E-state index is 0.379. The van der Waals surface area contributed by atoms with Gasteiger partial charge in [0.25, 0.3) is 0 Å². The molecule has 0 aliphatic carbocycles. The van der Waals surface area contributed by atoms with Gasteiger partial charge in [-0.05, 0) is 29.8 Å². The Morgan fingerprint density at radius 1 is 1.11 bits per heavy atom. The van der Waals surface area contributed by atoms with Gasteiger partial charge in [-0.25, -0.2) is 8.78 Å². The molecule has 0 bridgehead atoms. The minimum Gasteiger partial charge on any atom is -0.495 e. The summed E-state index contributed by atoms with van der Waals surface area (Å²) in [4.78, 5) is 0. The molecule has 2 aromatic carbocycles. The third-order valence-electron chi connectivity index (χ3n) is 2.58. The lowest BCUT2D eigenvalue weighted by atomic mass is 10.2. The van der Waals surface area contributed by atoms with E-state index in [1.165, 1.54) is 19.2 Å². The number of hydrogen-bond donors (Lipinski definition) is 1. The van der Waals surface area contributed by atoms with Gasteiger partial charge in [0.05, 0.1) is 12.1 Å². The quantitative estimate of drug-likeness (QED) is 0.906. The summed E-state index contributed by atoms with van der Waals surface area (Å²) in [5.74, 6) is -0.646. The maximum atomic E-state index is 13.0. The molecule has 0 fully saturated rings. The number of benzene rings is 2. The van der Waals surface area contributed by atoms with Gasteiger partial charge in [0.1, 0.15) is 17.4 Å². The Balaban J connectivity index is 2.08. The fraction of sp³-hybridized carbons (Fsp3) is 0.143. The van der Waals surface area contributed by atoms with Crippen LogP contribution in [0.2, 0.25) is 5.02 Å². The van der Waals surface area contributed by atoms with Crippen LogP contribution in [0.4, 0.5) is 14.5 Å². The van der Waals surface area contributed by atoms with Crippen LogP contribution in [0.25, 0.3) is 0 Å². The highest BCUT2D eigenvalue weighted by Gasteiger charge is 2.03. The van der Waals surface area contributed by atoms with E-state index < -0.39 is 11.6 Å². The zero-order valence-corrected chi connectivity index (χ0v) is 11.0. The van der Waals surface area contributed by atoms with Crippen LogP contribution in [0.3, 0.4) is 0 Å². The lowest BCUT2D eigenvalue weighted by Gasteiger charge is -2.09. The number of ether oxygens (including phenoxy) is 1. The lowest BCUT2D eigenvalue weighted by Crippen LogP contribution is -2.00. The van der Waals surface area contributed by atoms with E-state index in [2.05, 4.69) is 5.32 Å². The Morgan fingerprint density at radius 3 is 2.37 bits per heavy atom. The molecule has 1 N–H and O–H groups in total. The van der Waals surface area contributed by atoms with Gasteiger partial charge in [0, 0.05) is 18.3 Å². The van der Waals surface area contributed by atoms with Crippen molar-refractivity contribution in [2.45, 2.75) is 6.54 Å². The fourth-order valence-corrected chi connectivity index (χ4v) is 1.96. The number of nitrogens with one attached hydrogen (secondary N) is 1. The van der Waals surface area contributed by atoms with Crippen LogP contribution in [-0.4, -0.2) is 7.11 Å². The molecule has 0 aromatic heterocycles. The Kier molecular flexibility index (Phi) is 4.22. The van der Waals surface area contributed by atoms with Crippen molar-refractivity contribution in [3.63, 3.8) is 0 Å². The summed E-state index contributed by atoms with van der Waals surface area (Å²) in [6.45, 7) is 0.409. The standard InChI is InChI=1S/C14H12ClF2NO/c1-19-14-3-2-9(4-13(14)15)8-18-12-6-10(16)5-11(17)7-12/h2-7,18H,8H2,1H3. The Morgan fingerprint density at radius 2 is 1.79 bits per heavy atom. The number of rotatable bonds is 4. The topological polar surface area (TPSA) is 21.3 Å². The van der Waals surface area contributed by atoms with Crippen molar-refractivity contribution in [2.75, 3.05) is 12.4 Å². The van der Waals surface area contributed by atoms with Crippen molar-refractivity contribution in [1.29, 1.82) is 0 Å². The predicted molar refractivity (Wildman–Crippen MR) is 71.7 cm³/mol. The second kappa shape index (κ2) is 5.89. The van der Waals surface area contributed by atoms with E-state index in [4.69, 9.17) is 16.3 Å². The maximum absolute atomic E-state index is 13.0. The average Bonchev–Trinajstić information content (AvgIpc) is 2.35. The molecular weight excluding hydrogens is 272 g/mol. The molecule has 0 heterocycles. The minimum atomic E-state index is -0.615. The van der Waals surface area contributed by atoms with Gasteiger partial charge in [-0.15, -0.1) is 0 Å². The molecule has 0 saturated carbocycles. The molecule has 2 nitrogen and oxygen atoms in total. The summed E-state index contributed by atoms with van der Waals surface area (Å²) < 4.78 is 31.0. The molecule has 2 rings (SSSR count). The van der Waals surface area contributed by atoms with Gasteiger partial charge in [-0.1, -0.05) is 17.7 Å². The van der Waals surface area contributed by atoms with E-state index in [0.29, 0.717) is 23.0 Å². The fourth-order valence-electron chi connectivity index (χ4n) is 1.68. The van der Waals surface area contributed by atoms with Crippen molar-refractivity contribution in [2.24, 2.45) is 0 Å². The van der Waals surface area contributed by atoms with Crippen LogP contribution in [0.15, 0.2) is 36.4 Å². The molecule has 5 heteroatoms. The molecule has 19 heavy (non-hydrogen) atoms. The molecule has 100 valence electrons. The summed E-state index contributed by atoms with van der Waals surface area (Å²) in [7, 11) is 1.54. The third-order valence-corrected chi connectivity index (χ3v) is 2.87. The van der Waals surface area contributed by atoms with Crippen molar-refractivity contribution < 1.29 is 13.5 Å². The highest BCUT2D eigenvalue weighted by Crippen LogP contribution is 2.25. The highest BCUT2D eigenvalue weighted by atomic mass is 35.5. The predicted octanol–water partition coefficient (Wildman–Crippen LogP) is 4.24. The highest BCUT2D eigenvalue weighted by molar-refractivity contribution is 6.32. The van der Waals surface area contributed by atoms with Crippen LogP contribution in [0, 0.1) is 11.6 Å². The van der Waals surface area contributed by atoms with E-state index in [-0.39, 0.29) is 0 Å². The van der Waals surface area contributed by atoms with Crippen LogP contribution < -0.4 is 10.1 Å². The van der Waals surface area contributed by atoms with Gasteiger partial charge in [0.2, 0.25) is 0 Å². The van der Waals surface area contributed by atoms with E-state index in [9.17, 15) is 8.78 Å². The maximum Gasteiger partial charge on any atom is 0.137 e. The molecule has 2 aromatic rings. The molecule has 0 aliphatic rings. The third kappa shape index (κ3) is 3.58. The monoisotopic (exact) mass is 283 g/mol. The number of halogens is 3. The van der Waals surface area contributed by atoms with Gasteiger partial charge >= 0.3 is 0 Å². The molecule has 0 unspecified atom stereocenters. The van der Waals surface area contributed by atoms with Crippen molar-refractivity contribution in [3.05, 3.63) is 58.6 Å². The molecule has 0 amide bonds. The molecule has 0 atom stereocenters. The Bertz CT molecular complexity index is 569. The van der Waals surface area contributed by atoms with Crippen molar-refractivity contribution in [1.82, 2.24) is 0 Å². The van der Waals surface area contributed by atoms with E-state index in [0.717, 1.165) is 11.6 Å². The summed E-state index contributed by atoms with van der Waals surface area (Å²) >= 11 is 5.99. The second-order valence-electron chi connectivity index (χ2n) is 3.98. The molecular formula is C14H12ClF2NO. The van der Waals surface area contributed by atoms with Crippen LogP contribution in [0.5, 0.6) is 5.75 Å². The summed E-state index contributed by atoms with van der Waals surface area (Å²) in [6.07, 6.45) is 0. The zero-order valence-electron chi connectivity index (χ0n) is 10.2. The van der Waals surface area contributed by atoms with Gasteiger partial charge < -0.3 is 10.1 Å². The first kappa shape index (κ1) is 13.6. The summed E-state index contributed by atoms with van der Waals surface area (Å²) in [6, 6.07) is 8.60. The summed E-state index contributed by atoms with van der Waals surface area (Å²) in [5, 5.41) is 3.42. The second-order valence-corrected chi connectivity index (χ2v) is 4.39. The SMILES string of the molecule is COc1ccc(CNc2cc(F)cc(F)c2)cc1Cl. The van der Waals surface area contributed by atoms with Gasteiger partial charge in [0.15, 0.2) is 0 Å². The molecule has 0 spiro atoms. The van der Waals surface area contributed by atoms with Crippen LogP contribution in [-0.2, 0) is 6.54 Å². The van der Waals surface area contributed by atoms with Crippen molar-refractivity contribution >= 4 is 17.3 Å². The van der Waals surface area contributed by atoms with Crippen LogP contribution in [0.1, 0.15) is 5.56 Å². The van der Waals surface area contributed by atoms with Crippen LogP contribution >= 0.6 is 11.6 Å². The zero-order chi connectivity index (χ0) is 13.8.